The number of nitrogens with zero attached hydrogens (tertiary/aromatic N) is 2. The summed E-state index contributed by atoms with van der Waals surface area (Å²) in [6.45, 7) is 1.67. The highest BCUT2D eigenvalue weighted by Crippen LogP contribution is 2.21. The first-order valence-electron chi connectivity index (χ1n) is 7.61. The minimum atomic E-state index is -0.212. The van der Waals surface area contributed by atoms with Crippen molar-refractivity contribution in [1.29, 1.82) is 0 Å². The van der Waals surface area contributed by atoms with E-state index < -0.39 is 0 Å². The van der Waals surface area contributed by atoms with Crippen molar-refractivity contribution >= 4 is 23.4 Å². The molecule has 0 aliphatic carbocycles. The Balaban J connectivity index is 1.55. The molecule has 0 aliphatic heterocycles. The Morgan fingerprint density at radius 3 is 2.72 bits per heavy atom. The van der Waals surface area contributed by atoms with Crippen molar-refractivity contribution in [2.24, 2.45) is 0 Å². The second-order valence-electron chi connectivity index (χ2n) is 5.23. The van der Waals surface area contributed by atoms with Crippen LogP contribution in [0.2, 0.25) is 0 Å². The SMILES string of the molecule is CSc1cccc(NC(=O)COc2ccc(-c3noc(C)n3)cc2)c1. The van der Waals surface area contributed by atoms with Crippen LogP contribution in [0.1, 0.15) is 5.89 Å². The van der Waals surface area contributed by atoms with Crippen LogP contribution in [0.5, 0.6) is 5.75 Å². The maximum Gasteiger partial charge on any atom is 0.262 e. The molecule has 0 radical (unpaired) electrons. The van der Waals surface area contributed by atoms with Crippen molar-refractivity contribution < 1.29 is 14.1 Å². The normalized spacial score (nSPS) is 10.5. The average Bonchev–Trinajstić information content (AvgIpc) is 3.07. The second-order valence-corrected chi connectivity index (χ2v) is 6.11. The zero-order valence-electron chi connectivity index (χ0n) is 13.9. The molecule has 0 atom stereocenters. The minimum Gasteiger partial charge on any atom is -0.484 e. The standard InChI is InChI=1S/C18H17N3O3S/c1-12-19-18(21-24-12)13-6-8-15(9-7-13)23-11-17(22)20-14-4-3-5-16(10-14)25-2/h3-10H,11H2,1-2H3,(H,20,22). The topological polar surface area (TPSA) is 77.2 Å². The van der Waals surface area contributed by atoms with E-state index in [-0.39, 0.29) is 12.5 Å². The molecule has 6 nitrogen and oxygen atoms in total. The van der Waals surface area contributed by atoms with Crippen molar-refractivity contribution in [3.63, 3.8) is 0 Å². The Kier molecular flexibility index (Phi) is 5.35. The van der Waals surface area contributed by atoms with Crippen molar-refractivity contribution in [2.75, 3.05) is 18.2 Å². The fourth-order valence-electron chi connectivity index (χ4n) is 2.16. The van der Waals surface area contributed by atoms with Gasteiger partial charge < -0.3 is 14.6 Å². The third-order valence-electron chi connectivity index (χ3n) is 3.36. The minimum absolute atomic E-state index is 0.0653. The van der Waals surface area contributed by atoms with E-state index in [1.165, 1.54) is 0 Å². The van der Waals surface area contributed by atoms with Gasteiger partial charge in [0.15, 0.2) is 6.61 Å². The number of hydrogen-bond donors (Lipinski definition) is 1. The summed E-state index contributed by atoms with van der Waals surface area (Å²) in [4.78, 5) is 17.3. The first kappa shape index (κ1) is 17.0. The van der Waals surface area contributed by atoms with Crippen molar-refractivity contribution in [2.45, 2.75) is 11.8 Å². The summed E-state index contributed by atoms with van der Waals surface area (Å²) in [5.41, 5.74) is 1.57. The molecule has 1 heterocycles. The number of carbonyl (C=O) groups excluding carboxylic acids is 1. The van der Waals surface area contributed by atoms with Gasteiger partial charge in [-0.15, -0.1) is 11.8 Å². The van der Waals surface area contributed by atoms with Crippen LogP contribution in [-0.2, 0) is 4.79 Å². The molecule has 7 heteroatoms. The van der Waals surface area contributed by atoms with Crippen molar-refractivity contribution in [3.05, 3.63) is 54.4 Å². The van der Waals surface area contributed by atoms with Gasteiger partial charge in [0.2, 0.25) is 11.7 Å². The number of nitrogens with one attached hydrogen (secondary N) is 1. The fourth-order valence-corrected chi connectivity index (χ4v) is 2.62. The van der Waals surface area contributed by atoms with E-state index in [1.54, 1.807) is 30.8 Å². The molecule has 2 aromatic carbocycles. The number of ether oxygens (including phenoxy) is 1. The van der Waals surface area contributed by atoms with E-state index in [2.05, 4.69) is 15.5 Å². The maximum absolute atomic E-state index is 12.0. The first-order chi connectivity index (χ1) is 12.1. The Labute approximate surface area is 149 Å². The second kappa shape index (κ2) is 7.85. The number of aryl methyl sites for hydroxylation is 1. The summed E-state index contributed by atoms with van der Waals surface area (Å²) in [6.07, 6.45) is 1.99. The van der Waals surface area contributed by atoms with Gasteiger partial charge >= 0.3 is 0 Å². The molecule has 0 bridgehead atoms. The van der Waals surface area contributed by atoms with E-state index in [0.29, 0.717) is 17.5 Å². The van der Waals surface area contributed by atoms with Gasteiger partial charge in [0.1, 0.15) is 5.75 Å². The van der Waals surface area contributed by atoms with E-state index in [0.717, 1.165) is 16.1 Å². The van der Waals surface area contributed by atoms with Crippen LogP contribution < -0.4 is 10.1 Å². The number of aromatic nitrogens is 2. The van der Waals surface area contributed by atoms with Gasteiger partial charge in [-0.05, 0) is 48.7 Å². The fraction of sp³-hybridized carbons (Fsp3) is 0.167. The number of carbonyl (C=O) groups is 1. The molecule has 0 spiro atoms. The number of rotatable bonds is 6. The highest BCUT2D eigenvalue weighted by atomic mass is 32.2. The smallest absolute Gasteiger partial charge is 0.262 e. The summed E-state index contributed by atoms with van der Waals surface area (Å²) < 4.78 is 10.5. The molecule has 1 N–H and O–H groups in total. The predicted octanol–water partition coefficient (Wildman–Crippen LogP) is 3.78. The van der Waals surface area contributed by atoms with Crippen LogP contribution in [-0.4, -0.2) is 28.9 Å². The van der Waals surface area contributed by atoms with E-state index in [4.69, 9.17) is 9.26 Å². The number of amides is 1. The monoisotopic (exact) mass is 355 g/mol. The van der Waals surface area contributed by atoms with E-state index in [1.807, 2.05) is 42.7 Å². The zero-order chi connectivity index (χ0) is 17.6. The molecule has 1 aromatic heterocycles. The summed E-state index contributed by atoms with van der Waals surface area (Å²) >= 11 is 1.62. The van der Waals surface area contributed by atoms with Crippen LogP contribution in [0.3, 0.4) is 0 Å². The average molecular weight is 355 g/mol. The molecular formula is C18H17N3O3S. The molecular weight excluding hydrogens is 338 g/mol. The Hall–Kier alpha value is -2.80. The quantitative estimate of drug-likeness (QED) is 0.678. The molecule has 25 heavy (non-hydrogen) atoms. The van der Waals surface area contributed by atoms with Crippen LogP contribution in [0, 0.1) is 6.92 Å². The summed E-state index contributed by atoms with van der Waals surface area (Å²) in [5.74, 6) is 1.42. The van der Waals surface area contributed by atoms with Crippen molar-refractivity contribution in [3.8, 4) is 17.1 Å². The molecule has 0 saturated carbocycles. The van der Waals surface area contributed by atoms with Crippen LogP contribution in [0.4, 0.5) is 5.69 Å². The van der Waals surface area contributed by atoms with E-state index in [9.17, 15) is 4.79 Å². The van der Waals surface area contributed by atoms with Crippen LogP contribution in [0.15, 0.2) is 57.9 Å². The lowest BCUT2D eigenvalue weighted by atomic mass is 10.2. The predicted molar refractivity (Wildman–Crippen MR) is 96.8 cm³/mol. The highest BCUT2D eigenvalue weighted by Gasteiger charge is 2.07. The summed E-state index contributed by atoms with van der Waals surface area (Å²) in [7, 11) is 0. The lowest BCUT2D eigenvalue weighted by molar-refractivity contribution is -0.118. The lowest BCUT2D eigenvalue weighted by Crippen LogP contribution is -2.20. The van der Waals surface area contributed by atoms with E-state index >= 15 is 0 Å². The summed E-state index contributed by atoms with van der Waals surface area (Å²) in [5, 5.41) is 6.68. The zero-order valence-corrected chi connectivity index (χ0v) is 14.7. The lowest BCUT2D eigenvalue weighted by Gasteiger charge is -2.08. The number of thioether (sulfide) groups is 1. The Bertz CT molecular complexity index is 862. The number of benzene rings is 2. The highest BCUT2D eigenvalue weighted by molar-refractivity contribution is 7.98. The van der Waals surface area contributed by atoms with Crippen LogP contribution in [0.25, 0.3) is 11.4 Å². The molecule has 3 rings (SSSR count). The van der Waals surface area contributed by atoms with Gasteiger partial charge in [-0.25, -0.2) is 0 Å². The maximum atomic E-state index is 12.0. The molecule has 0 unspecified atom stereocenters. The molecule has 1 amide bonds. The largest absolute Gasteiger partial charge is 0.484 e. The van der Waals surface area contributed by atoms with Crippen molar-refractivity contribution in [1.82, 2.24) is 10.1 Å². The Morgan fingerprint density at radius 2 is 2.04 bits per heavy atom. The molecule has 128 valence electrons. The molecule has 3 aromatic rings. The molecule has 0 saturated heterocycles. The summed E-state index contributed by atoms with van der Waals surface area (Å²) in [6, 6.07) is 14.8. The van der Waals surface area contributed by atoms with Gasteiger partial charge in [0.25, 0.3) is 5.91 Å². The van der Waals surface area contributed by atoms with Gasteiger partial charge in [0, 0.05) is 23.1 Å². The molecule has 0 aliphatic rings. The van der Waals surface area contributed by atoms with Gasteiger partial charge in [-0.2, -0.15) is 4.98 Å². The first-order valence-corrected chi connectivity index (χ1v) is 8.84. The van der Waals surface area contributed by atoms with Gasteiger partial charge in [-0.3, -0.25) is 4.79 Å². The van der Waals surface area contributed by atoms with Crippen LogP contribution >= 0.6 is 11.8 Å². The van der Waals surface area contributed by atoms with Gasteiger partial charge in [-0.1, -0.05) is 11.2 Å². The number of hydrogen-bond acceptors (Lipinski definition) is 6. The third-order valence-corrected chi connectivity index (χ3v) is 4.09. The number of anilines is 1. The van der Waals surface area contributed by atoms with Gasteiger partial charge in [0.05, 0.1) is 0 Å². The third kappa shape index (κ3) is 4.60. The molecule has 0 fully saturated rings. The Morgan fingerprint density at radius 1 is 1.24 bits per heavy atom.